The van der Waals surface area contributed by atoms with Gasteiger partial charge in [-0.25, -0.2) is 0 Å². The van der Waals surface area contributed by atoms with Gasteiger partial charge in [0.15, 0.2) is 5.11 Å². The van der Waals surface area contributed by atoms with E-state index >= 15 is 0 Å². The fourth-order valence-corrected chi connectivity index (χ4v) is 2.74. The molecule has 1 unspecified atom stereocenters. The van der Waals surface area contributed by atoms with Crippen molar-refractivity contribution in [3.05, 3.63) is 29.8 Å². The predicted octanol–water partition coefficient (Wildman–Crippen LogP) is 2.97. The number of rotatable bonds is 3. The van der Waals surface area contributed by atoms with Crippen molar-refractivity contribution in [2.75, 3.05) is 25.0 Å². The number of benzene rings is 1. The standard InChI is InChI=1S/C16H22N2O2S/c1-3-20-15(19)13-5-4-10-18(11-13)16(21)17-14-8-6-12(2)7-9-14/h6-9,13H,3-5,10-11H2,1-2H3,(H,17,21). The molecule has 4 nitrogen and oxygen atoms in total. The molecule has 21 heavy (non-hydrogen) atoms. The average molecular weight is 306 g/mol. The number of hydrogen-bond acceptors (Lipinski definition) is 3. The molecule has 1 aromatic rings. The van der Waals surface area contributed by atoms with Crippen LogP contribution in [0, 0.1) is 12.8 Å². The number of thiocarbonyl (C=S) groups is 1. The lowest BCUT2D eigenvalue weighted by Crippen LogP contribution is -2.44. The summed E-state index contributed by atoms with van der Waals surface area (Å²) >= 11 is 5.46. The van der Waals surface area contributed by atoms with Crippen molar-refractivity contribution in [1.29, 1.82) is 0 Å². The van der Waals surface area contributed by atoms with E-state index in [2.05, 4.69) is 17.1 Å². The van der Waals surface area contributed by atoms with Gasteiger partial charge in [-0.15, -0.1) is 0 Å². The van der Waals surface area contributed by atoms with Crippen molar-refractivity contribution in [2.45, 2.75) is 26.7 Å². The number of anilines is 1. The van der Waals surface area contributed by atoms with Crippen LogP contribution >= 0.6 is 12.2 Å². The van der Waals surface area contributed by atoms with E-state index in [-0.39, 0.29) is 11.9 Å². The van der Waals surface area contributed by atoms with Crippen molar-refractivity contribution < 1.29 is 9.53 Å². The van der Waals surface area contributed by atoms with Crippen LogP contribution in [-0.4, -0.2) is 35.7 Å². The maximum absolute atomic E-state index is 11.8. The van der Waals surface area contributed by atoms with Gasteiger partial charge in [-0.1, -0.05) is 17.7 Å². The molecule has 0 spiro atoms. The Hall–Kier alpha value is -1.62. The van der Waals surface area contributed by atoms with Crippen molar-refractivity contribution in [1.82, 2.24) is 4.90 Å². The van der Waals surface area contributed by atoms with Gasteiger partial charge in [-0.3, -0.25) is 4.79 Å². The van der Waals surface area contributed by atoms with Crippen LogP contribution in [0.3, 0.4) is 0 Å². The van der Waals surface area contributed by atoms with E-state index in [0.29, 0.717) is 18.3 Å². The highest BCUT2D eigenvalue weighted by molar-refractivity contribution is 7.80. The fraction of sp³-hybridized carbons (Fsp3) is 0.500. The molecular formula is C16H22N2O2S. The Labute approximate surface area is 131 Å². The number of nitrogens with zero attached hydrogens (tertiary/aromatic N) is 1. The molecule has 0 aliphatic carbocycles. The van der Waals surface area contributed by atoms with Crippen LogP contribution in [-0.2, 0) is 9.53 Å². The van der Waals surface area contributed by atoms with Crippen LogP contribution in [0.25, 0.3) is 0 Å². The van der Waals surface area contributed by atoms with Crippen molar-refractivity contribution in [3.8, 4) is 0 Å². The normalized spacial score (nSPS) is 18.2. The third-order valence-corrected chi connectivity index (χ3v) is 3.99. The lowest BCUT2D eigenvalue weighted by molar-refractivity contribution is -0.149. The lowest BCUT2D eigenvalue weighted by Gasteiger charge is -2.33. The van der Waals surface area contributed by atoms with Gasteiger partial charge in [0.1, 0.15) is 0 Å². The Kier molecular flexibility index (Phi) is 5.56. The third-order valence-electron chi connectivity index (χ3n) is 3.63. The van der Waals surface area contributed by atoms with E-state index in [9.17, 15) is 4.79 Å². The Bertz CT molecular complexity index is 502. The number of hydrogen-bond donors (Lipinski definition) is 1. The molecule has 1 fully saturated rings. The fourth-order valence-electron chi connectivity index (χ4n) is 2.45. The van der Waals surface area contributed by atoms with E-state index in [1.807, 2.05) is 31.2 Å². The number of ether oxygens (including phenoxy) is 1. The van der Waals surface area contributed by atoms with Gasteiger partial charge in [0, 0.05) is 18.8 Å². The zero-order chi connectivity index (χ0) is 15.2. The Morgan fingerprint density at radius 1 is 1.43 bits per heavy atom. The van der Waals surface area contributed by atoms with E-state index in [4.69, 9.17) is 17.0 Å². The van der Waals surface area contributed by atoms with Gasteiger partial charge < -0.3 is 15.0 Å². The maximum Gasteiger partial charge on any atom is 0.310 e. The Morgan fingerprint density at radius 3 is 2.81 bits per heavy atom. The molecule has 1 aliphatic rings. The second kappa shape index (κ2) is 7.41. The van der Waals surface area contributed by atoms with Gasteiger partial charge in [0.05, 0.1) is 12.5 Å². The number of aryl methyl sites for hydroxylation is 1. The molecule has 5 heteroatoms. The highest BCUT2D eigenvalue weighted by Gasteiger charge is 2.27. The topological polar surface area (TPSA) is 41.6 Å². The molecule has 1 aromatic carbocycles. The SMILES string of the molecule is CCOC(=O)C1CCCN(C(=S)Nc2ccc(C)cc2)C1. The minimum Gasteiger partial charge on any atom is -0.466 e. The van der Waals surface area contributed by atoms with E-state index in [1.54, 1.807) is 0 Å². The summed E-state index contributed by atoms with van der Waals surface area (Å²) in [5.74, 6) is -0.184. The second-order valence-corrected chi connectivity index (χ2v) is 5.72. The molecule has 1 aliphatic heterocycles. The van der Waals surface area contributed by atoms with Crippen LogP contribution in [0.1, 0.15) is 25.3 Å². The summed E-state index contributed by atoms with van der Waals surface area (Å²) in [5, 5.41) is 3.91. The quantitative estimate of drug-likeness (QED) is 0.687. The van der Waals surface area contributed by atoms with Crippen LogP contribution < -0.4 is 5.32 Å². The molecule has 1 atom stereocenters. The largest absolute Gasteiger partial charge is 0.466 e. The smallest absolute Gasteiger partial charge is 0.310 e. The third kappa shape index (κ3) is 4.43. The van der Waals surface area contributed by atoms with Crippen LogP contribution in [0.2, 0.25) is 0 Å². The Morgan fingerprint density at radius 2 is 2.14 bits per heavy atom. The zero-order valence-corrected chi connectivity index (χ0v) is 13.4. The number of likely N-dealkylation sites (tertiary alicyclic amines) is 1. The monoisotopic (exact) mass is 306 g/mol. The number of carbonyl (C=O) groups is 1. The first-order valence-electron chi connectivity index (χ1n) is 7.39. The molecule has 0 amide bonds. The molecule has 2 rings (SSSR count). The van der Waals surface area contributed by atoms with Crippen molar-refractivity contribution in [2.24, 2.45) is 5.92 Å². The average Bonchev–Trinajstić information content (AvgIpc) is 2.50. The van der Waals surface area contributed by atoms with E-state index < -0.39 is 0 Å². The number of esters is 1. The van der Waals surface area contributed by atoms with E-state index in [0.717, 1.165) is 25.1 Å². The minimum absolute atomic E-state index is 0.0727. The first-order chi connectivity index (χ1) is 10.1. The number of carbonyl (C=O) groups excluding carboxylic acids is 1. The highest BCUT2D eigenvalue weighted by atomic mass is 32.1. The van der Waals surface area contributed by atoms with Gasteiger partial charge >= 0.3 is 5.97 Å². The number of piperidine rings is 1. The molecule has 0 radical (unpaired) electrons. The predicted molar refractivity (Wildman–Crippen MR) is 88.3 cm³/mol. The van der Waals surface area contributed by atoms with Crippen molar-refractivity contribution in [3.63, 3.8) is 0 Å². The maximum atomic E-state index is 11.8. The molecule has 0 bridgehead atoms. The van der Waals surface area contributed by atoms with Gasteiger partial charge in [0.25, 0.3) is 0 Å². The molecular weight excluding hydrogens is 284 g/mol. The van der Waals surface area contributed by atoms with Crippen LogP contribution in [0.5, 0.6) is 0 Å². The summed E-state index contributed by atoms with van der Waals surface area (Å²) in [7, 11) is 0. The summed E-state index contributed by atoms with van der Waals surface area (Å²) in [6.07, 6.45) is 1.83. The van der Waals surface area contributed by atoms with Gasteiger partial charge in [-0.05, 0) is 51.0 Å². The highest BCUT2D eigenvalue weighted by Crippen LogP contribution is 2.19. The van der Waals surface area contributed by atoms with Crippen molar-refractivity contribution >= 4 is 29.0 Å². The molecule has 1 N–H and O–H groups in total. The summed E-state index contributed by atoms with van der Waals surface area (Å²) < 4.78 is 5.11. The summed E-state index contributed by atoms with van der Waals surface area (Å²) in [5.41, 5.74) is 2.19. The lowest BCUT2D eigenvalue weighted by atomic mass is 9.98. The van der Waals surface area contributed by atoms with Gasteiger partial charge in [0.2, 0.25) is 0 Å². The first kappa shape index (κ1) is 15.8. The molecule has 0 aromatic heterocycles. The van der Waals surface area contributed by atoms with E-state index in [1.165, 1.54) is 5.56 Å². The summed E-state index contributed by atoms with van der Waals surface area (Å²) in [6.45, 7) is 5.84. The van der Waals surface area contributed by atoms with Gasteiger partial charge in [-0.2, -0.15) is 0 Å². The zero-order valence-electron chi connectivity index (χ0n) is 12.6. The molecule has 1 saturated heterocycles. The first-order valence-corrected chi connectivity index (χ1v) is 7.80. The minimum atomic E-state index is -0.111. The van der Waals surface area contributed by atoms with Crippen LogP contribution in [0.4, 0.5) is 5.69 Å². The van der Waals surface area contributed by atoms with Crippen LogP contribution in [0.15, 0.2) is 24.3 Å². The number of nitrogens with one attached hydrogen (secondary N) is 1. The summed E-state index contributed by atoms with van der Waals surface area (Å²) in [4.78, 5) is 13.9. The summed E-state index contributed by atoms with van der Waals surface area (Å²) in [6, 6.07) is 8.11. The molecule has 1 heterocycles. The molecule has 114 valence electrons. The second-order valence-electron chi connectivity index (χ2n) is 5.33. The Balaban J connectivity index is 1.92. The molecule has 0 saturated carbocycles.